The van der Waals surface area contributed by atoms with Crippen LogP contribution in [-0.2, 0) is 6.54 Å². The molecule has 0 bridgehead atoms. The molecule has 0 unspecified atom stereocenters. The van der Waals surface area contributed by atoms with Gasteiger partial charge in [-0.05, 0) is 26.0 Å². The number of nitrogens with zero attached hydrogens (tertiary/aromatic N) is 3. The van der Waals surface area contributed by atoms with E-state index >= 15 is 0 Å². The Morgan fingerprint density at radius 1 is 1.43 bits per heavy atom. The maximum absolute atomic E-state index is 13.7. The number of nitrogens with one attached hydrogen (secondary N) is 1. The second-order valence-corrected chi connectivity index (χ2v) is 4.73. The van der Waals surface area contributed by atoms with E-state index in [0.717, 1.165) is 17.5 Å². The van der Waals surface area contributed by atoms with E-state index in [4.69, 9.17) is 5.11 Å². The van der Waals surface area contributed by atoms with Crippen molar-refractivity contribution in [3.05, 3.63) is 35.3 Å². The number of benzene rings is 1. The number of hydrogen-bond donors (Lipinski definition) is 2. The lowest BCUT2D eigenvalue weighted by Gasteiger charge is -1.99. The quantitative estimate of drug-likeness (QED) is 0.776. The van der Waals surface area contributed by atoms with E-state index in [9.17, 15) is 9.18 Å². The van der Waals surface area contributed by atoms with Gasteiger partial charge in [0.25, 0.3) is 0 Å². The summed E-state index contributed by atoms with van der Waals surface area (Å²) in [5.41, 5.74) is 2.10. The van der Waals surface area contributed by atoms with E-state index in [1.807, 2.05) is 19.9 Å². The van der Waals surface area contributed by atoms with Gasteiger partial charge in [-0.2, -0.15) is 5.10 Å². The third-order valence-corrected chi connectivity index (χ3v) is 3.25. The lowest BCUT2D eigenvalue weighted by atomic mass is 10.2. The number of imidazole rings is 1. The van der Waals surface area contributed by atoms with Crippen molar-refractivity contribution in [1.29, 1.82) is 0 Å². The summed E-state index contributed by atoms with van der Waals surface area (Å²) in [6.45, 7) is 4.51. The van der Waals surface area contributed by atoms with Crippen molar-refractivity contribution in [3.8, 4) is 11.5 Å². The molecule has 21 heavy (non-hydrogen) atoms. The fraction of sp³-hybridized carbons (Fsp3) is 0.214. The first-order valence-electron chi connectivity index (χ1n) is 6.47. The number of rotatable bonds is 3. The van der Waals surface area contributed by atoms with Crippen LogP contribution in [0, 0.1) is 12.7 Å². The van der Waals surface area contributed by atoms with Crippen molar-refractivity contribution < 1.29 is 14.3 Å². The molecule has 0 aliphatic heterocycles. The molecule has 2 N–H and O–H groups in total. The fourth-order valence-electron chi connectivity index (χ4n) is 2.29. The van der Waals surface area contributed by atoms with Crippen molar-refractivity contribution in [2.24, 2.45) is 0 Å². The molecule has 2 aromatic heterocycles. The number of fused-ring (bicyclic) bond motifs is 1. The zero-order chi connectivity index (χ0) is 15.1. The topological polar surface area (TPSA) is 83.8 Å². The summed E-state index contributed by atoms with van der Waals surface area (Å²) in [7, 11) is 0. The minimum absolute atomic E-state index is 0.388. The van der Waals surface area contributed by atoms with Crippen molar-refractivity contribution in [1.82, 2.24) is 19.7 Å². The number of aromatic amines is 1. The van der Waals surface area contributed by atoms with Crippen LogP contribution in [0.2, 0.25) is 0 Å². The van der Waals surface area contributed by atoms with E-state index < -0.39 is 11.8 Å². The number of aryl methyl sites for hydroxylation is 2. The van der Waals surface area contributed by atoms with Crippen LogP contribution < -0.4 is 0 Å². The second kappa shape index (κ2) is 4.69. The third kappa shape index (κ3) is 2.16. The average molecular weight is 288 g/mol. The second-order valence-electron chi connectivity index (χ2n) is 4.73. The SMILES string of the molecule is CCn1nc(C)cc1-c1nc2cc(C(=O)O)c(F)cc2[nH]1. The van der Waals surface area contributed by atoms with Crippen LogP contribution in [0.3, 0.4) is 0 Å². The minimum Gasteiger partial charge on any atom is -0.478 e. The van der Waals surface area contributed by atoms with Crippen LogP contribution >= 0.6 is 0 Å². The predicted octanol–water partition coefficient (Wildman–Crippen LogP) is 2.59. The molecule has 0 aliphatic carbocycles. The minimum atomic E-state index is -1.31. The Labute approximate surface area is 119 Å². The zero-order valence-corrected chi connectivity index (χ0v) is 11.5. The van der Waals surface area contributed by atoms with Gasteiger partial charge < -0.3 is 10.1 Å². The average Bonchev–Trinajstić information content (AvgIpc) is 2.99. The molecule has 0 saturated carbocycles. The zero-order valence-electron chi connectivity index (χ0n) is 11.5. The monoisotopic (exact) mass is 288 g/mol. The first kappa shape index (κ1) is 13.3. The lowest BCUT2D eigenvalue weighted by Crippen LogP contribution is -2.00. The van der Waals surface area contributed by atoms with Crippen molar-refractivity contribution in [3.63, 3.8) is 0 Å². The van der Waals surface area contributed by atoms with Gasteiger partial charge in [-0.1, -0.05) is 0 Å². The van der Waals surface area contributed by atoms with Gasteiger partial charge in [0.2, 0.25) is 0 Å². The molecule has 3 aromatic rings. The summed E-state index contributed by atoms with van der Waals surface area (Å²) in [5.74, 6) is -1.56. The van der Waals surface area contributed by atoms with Crippen LogP contribution in [-0.4, -0.2) is 30.8 Å². The molecule has 2 heterocycles. The third-order valence-electron chi connectivity index (χ3n) is 3.25. The Morgan fingerprint density at radius 2 is 2.19 bits per heavy atom. The predicted molar refractivity (Wildman–Crippen MR) is 74.6 cm³/mol. The molecule has 3 rings (SSSR count). The number of halogens is 1. The van der Waals surface area contributed by atoms with Gasteiger partial charge in [0.15, 0.2) is 5.82 Å². The lowest BCUT2D eigenvalue weighted by molar-refractivity contribution is 0.0692. The Balaban J connectivity index is 2.19. The summed E-state index contributed by atoms with van der Waals surface area (Å²) in [5, 5.41) is 13.3. The summed E-state index contributed by atoms with van der Waals surface area (Å²) in [6.07, 6.45) is 0. The number of aromatic carboxylic acids is 1. The van der Waals surface area contributed by atoms with E-state index in [1.54, 1.807) is 4.68 Å². The Morgan fingerprint density at radius 3 is 2.86 bits per heavy atom. The highest BCUT2D eigenvalue weighted by atomic mass is 19.1. The highest BCUT2D eigenvalue weighted by Crippen LogP contribution is 2.23. The maximum atomic E-state index is 13.7. The molecule has 0 amide bonds. The van der Waals surface area contributed by atoms with Crippen LogP contribution in [0.1, 0.15) is 23.0 Å². The summed E-state index contributed by atoms with van der Waals surface area (Å²) in [4.78, 5) is 18.3. The first-order valence-corrected chi connectivity index (χ1v) is 6.47. The smallest absolute Gasteiger partial charge is 0.338 e. The van der Waals surface area contributed by atoms with E-state index in [2.05, 4.69) is 15.1 Å². The van der Waals surface area contributed by atoms with Crippen LogP contribution in [0.4, 0.5) is 4.39 Å². The number of aromatic nitrogens is 4. The largest absolute Gasteiger partial charge is 0.478 e. The molecule has 108 valence electrons. The molecule has 0 fully saturated rings. The molecule has 0 saturated heterocycles. The number of carboxylic acid groups (broad SMARTS) is 1. The van der Waals surface area contributed by atoms with E-state index in [1.165, 1.54) is 6.07 Å². The molecule has 0 radical (unpaired) electrons. The Kier molecular flexibility index (Phi) is 2.97. The van der Waals surface area contributed by atoms with Crippen LogP contribution in [0.25, 0.3) is 22.6 Å². The molecule has 0 atom stereocenters. The van der Waals surface area contributed by atoms with E-state index in [0.29, 0.717) is 23.4 Å². The van der Waals surface area contributed by atoms with Gasteiger partial charge in [0, 0.05) is 12.6 Å². The van der Waals surface area contributed by atoms with Crippen molar-refractivity contribution >= 4 is 17.0 Å². The van der Waals surface area contributed by atoms with Crippen LogP contribution in [0.15, 0.2) is 18.2 Å². The van der Waals surface area contributed by atoms with Crippen molar-refractivity contribution in [2.75, 3.05) is 0 Å². The van der Waals surface area contributed by atoms with Crippen molar-refractivity contribution in [2.45, 2.75) is 20.4 Å². The summed E-state index contributed by atoms with van der Waals surface area (Å²) in [6, 6.07) is 4.25. The number of carbonyl (C=O) groups is 1. The molecule has 1 aromatic carbocycles. The van der Waals surface area contributed by atoms with E-state index in [-0.39, 0.29) is 5.56 Å². The fourth-order valence-corrected chi connectivity index (χ4v) is 2.29. The number of H-pyrrole nitrogens is 1. The first-order chi connectivity index (χ1) is 9.99. The van der Waals surface area contributed by atoms with Crippen LogP contribution in [0.5, 0.6) is 0 Å². The highest BCUT2D eigenvalue weighted by molar-refractivity contribution is 5.93. The van der Waals surface area contributed by atoms with Gasteiger partial charge in [-0.15, -0.1) is 0 Å². The van der Waals surface area contributed by atoms with Gasteiger partial charge in [-0.25, -0.2) is 14.2 Å². The Hall–Kier alpha value is -2.70. The number of carboxylic acids is 1. The van der Waals surface area contributed by atoms with Gasteiger partial charge in [0.05, 0.1) is 22.3 Å². The summed E-state index contributed by atoms with van der Waals surface area (Å²) >= 11 is 0. The number of hydrogen-bond acceptors (Lipinski definition) is 3. The standard InChI is InChI=1S/C14H13FN4O2/c1-3-19-12(4-7(2)18-19)13-16-10-5-8(14(20)21)9(15)6-11(10)17-13/h4-6H,3H2,1-2H3,(H,16,17)(H,20,21). The molecule has 7 heteroatoms. The molecule has 6 nitrogen and oxygen atoms in total. The normalized spacial score (nSPS) is 11.2. The molecule has 0 aliphatic rings. The van der Waals surface area contributed by atoms with Gasteiger partial charge in [0.1, 0.15) is 11.5 Å². The highest BCUT2D eigenvalue weighted by Gasteiger charge is 2.16. The molecule has 0 spiro atoms. The summed E-state index contributed by atoms with van der Waals surface area (Å²) < 4.78 is 15.5. The van der Waals surface area contributed by atoms with Gasteiger partial charge in [-0.3, -0.25) is 4.68 Å². The molecular weight excluding hydrogens is 275 g/mol. The maximum Gasteiger partial charge on any atom is 0.338 e. The van der Waals surface area contributed by atoms with Gasteiger partial charge >= 0.3 is 5.97 Å². The Bertz CT molecular complexity index is 850. The molecular formula is C14H13FN4O2.